The van der Waals surface area contributed by atoms with Crippen LogP contribution in [0.3, 0.4) is 0 Å². The van der Waals surface area contributed by atoms with Crippen molar-refractivity contribution in [2.45, 2.75) is 19.4 Å². The molecule has 0 fully saturated rings. The summed E-state index contributed by atoms with van der Waals surface area (Å²) in [6.07, 6.45) is 0.458. The van der Waals surface area contributed by atoms with E-state index in [-0.39, 0.29) is 19.1 Å². The monoisotopic (exact) mass is 281 g/mol. The molecule has 0 saturated heterocycles. The number of esters is 1. The first kappa shape index (κ1) is 16.0. The minimum Gasteiger partial charge on any atom is -0.491 e. The minimum atomic E-state index is -0.861. The first-order valence-electron chi connectivity index (χ1n) is 6.25. The summed E-state index contributed by atoms with van der Waals surface area (Å²) in [6, 6.07) is 6.34. The standard InChI is InChI=1S/C14H19NO5/c1-10(17)15-12(14(18)19-2)9-20-13-6-4-3-5-11(13)7-8-16/h3-6,12,16H,7-9H2,1-2H3,(H,15,17). The summed E-state index contributed by atoms with van der Waals surface area (Å²) in [5.74, 6) is -0.340. The number of benzene rings is 1. The van der Waals surface area contributed by atoms with Crippen LogP contribution in [0.2, 0.25) is 0 Å². The molecular weight excluding hydrogens is 262 g/mol. The predicted molar refractivity (Wildman–Crippen MR) is 72.3 cm³/mol. The molecule has 0 heterocycles. The van der Waals surface area contributed by atoms with Crippen molar-refractivity contribution in [1.29, 1.82) is 0 Å². The average molecular weight is 281 g/mol. The summed E-state index contributed by atoms with van der Waals surface area (Å²) in [5.41, 5.74) is 0.835. The van der Waals surface area contributed by atoms with E-state index in [0.29, 0.717) is 12.2 Å². The zero-order valence-electron chi connectivity index (χ0n) is 11.6. The fraction of sp³-hybridized carbons (Fsp3) is 0.429. The number of rotatable bonds is 7. The molecule has 6 heteroatoms. The van der Waals surface area contributed by atoms with E-state index in [1.165, 1.54) is 14.0 Å². The number of carbonyl (C=O) groups excluding carboxylic acids is 2. The van der Waals surface area contributed by atoms with Gasteiger partial charge in [-0.3, -0.25) is 4.79 Å². The lowest BCUT2D eigenvalue weighted by Gasteiger charge is -2.17. The maximum Gasteiger partial charge on any atom is 0.331 e. The fourth-order valence-corrected chi connectivity index (χ4v) is 1.70. The van der Waals surface area contributed by atoms with Gasteiger partial charge >= 0.3 is 5.97 Å². The average Bonchev–Trinajstić information content (AvgIpc) is 2.44. The first-order chi connectivity index (χ1) is 9.58. The minimum absolute atomic E-state index is 0.00645. The van der Waals surface area contributed by atoms with Gasteiger partial charge in [0, 0.05) is 13.5 Å². The predicted octanol–water partition coefficient (Wildman–Crippen LogP) is 0.278. The number of para-hydroxylation sites is 1. The molecule has 1 aromatic carbocycles. The van der Waals surface area contributed by atoms with Gasteiger partial charge in [-0.05, 0) is 18.1 Å². The van der Waals surface area contributed by atoms with Gasteiger partial charge in [0.05, 0.1) is 7.11 Å². The lowest BCUT2D eigenvalue weighted by atomic mass is 10.1. The number of hydrogen-bond acceptors (Lipinski definition) is 5. The van der Waals surface area contributed by atoms with Crippen LogP contribution in [0.5, 0.6) is 5.75 Å². The second-order valence-electron chi connectivity index (χ2n) is 4.17. The second-order valence-corrected chi connectivity index (χ2v) is 4.17. The highest BCUT2D eigenvalue weighted by atomic mass is 16.5. The molecule has 0 aliphatic heterocycles. The molecule has 0 aliphatic rings. The van der Waals surface area contributed by atoms with E-state index < -0.39 is 12.0 Å². The number of hydrogen-bond donors (Lipinski definition) is 2. The van der Waals surface area contributed by atoms with Gasteiger partial charge in [-0.1, -0.05) is 18.2 Å². The molecule has 1 amide bonds. The van der Waals surface area contributed by atoms with Crippen LogP contribution >= 0.6 is 0 Å². The SMILES string of the molecule is COC(=O)C(COc1ccccc1CCO)NC(C)=O. The van der Waals surface area contributed by atoms with Gasteiger partial charge in [0.1, 0.15) is 12.4 Å². The second kappa shape index (κ2) is 8.16. The van der Waals surface area contributed by atoms with E-state index >= 15 is 0 Å². The van der Waals surface area contributed by atoms with Gasteiger partial charge in [-0.25, -0.2) is 4.79 Å². The number of amides is 1. The van der Waals surface area contributed by atoms with E-state index in [1.54, 1.807) is 12.1 Å². The largest absolute Gasteiger partial charge is 0.491 e. The first-order valence-corrected chi connectivity index (χ1v) is 6.25. The maximum atomic E-state index is 11.5. The lowest BCUT2D eigenvalue weighted by molar-refractivity contribution is -0.145. The fourth-order valence-electron chi connectivity index (χ4n) is 1.70. The Morgan fingerprint density at radius 2 is 2.05 bits per heavy atom. The van der Waals surface area contributed by atoms with E-state index in [4.69, 9.17) is 9.84 Å². The van der Waals surface area contributed by atoms with Gasteiger partial charge < -0.3 is 19.9 Å². The topological polar surface area (TPSA) is 84.9 Å². The molecule has 0 saturated carbocycles. The Kier molecular flexibility index (Phi) is 6.52. The molecule has 1 rings (SSSR count). The molecule has 2 N–H and O–H groups in total. The molecule has 0 aromatic heterocycles. The molecular formula is C14H19NO5. The summed E-state index contributed by atoms with van der Waals surface area (Å²) in [7, 11) is 1.25. The molecule has 1 aromatic rings. The highest BCUT2D eigenvalue weighted by Crippen LogP contribution is 2.18. The van der Waals surface area contributed by atoms with Crippen LogP contribution in [0.4, 0.5) is 0 Å². The molecule has 1 atom stereocenters. The number of methoxy groups -OCH3 is 1. The van der Waals surface area contributed by atoms with Crippen LogP contribution in [0.25, 0.3) is 0 Å². The van der Waals surface area contributed by atoms with Crippen LogP contribution in [-0.2, 0) is 20.7 Å². The van der Waals surface area contributed by atoms with E-state index in [2.05, 4.69) is 10.1 Å². The molecule has 0 aliphatic carbocycles. The summed E-state index contributed by atoms with van der Waals surface area (Å²) in [6.45, 7) is 1.29. The normalized spacial score (nSPS) is 11.6. The molecule has 110 valence electrons. The smallest absolute Gasteiger partial charge is 0.331 e. The third-order valence-electron chi connectivity index (χ3n) is 2.62. The van der Waals surface area contributed by atoms with Crippen molar-refractivity contribution < 1.29 is 24.2 Å². The van der Waals surface area contributed by atoms with Crippen molar-refractivity contribution in [1.82, 2.24) is 5.32 Å². The highest BCUT2D eigenvalue weighted by molar-refractivity contribution is 5.83. The van der Waals surface area contributed by atoms with Crippen LogP contribution in [0.1, 0.15) is 12.5 Å². The Hall–Kier alpha value is -2.08. The van der Waals surface area contributed by atoms with Crippen molar-refractivity contribution in [2.24, 2.45) is 0 Å². The van der Waals surface area contributed by atoms with Crippen molar-refractivity contribution in [3.63, 3.8) is 0 Å². The van der Waals surface area contributed by atoms with Crippen molar-refractivity contribution >= 4 is 11.9 Å². The Balaban J connectivity index is 2.71. The summed E-state index contributed by atoms with van der Waals surface area (Å²) >= 11 is 0. The highest BCUT2D eigenvalue weighted by Gasteiger charge is 2.21. The van der Waals surface area contributed by atoms with Gasteiger partial charge in [0.2, 0.25) is 5.91 Å². The number of nitrogens with one attached hydrogen (secondary N) is 1. The molecule has 0 radical (unpaired) electrons. The van der Waals surface area contributed by atoms with Gasteiger partial charge in [0.25, 0.3) is 0 Å². The van der Waals surface area contributed by atoms with Crippen LogP contribution < -0.4 is 10.1 Å². The van der Waals surface area contributed by atoms with Crippen LogP contribution in [-0.4, -0.2) is 43.3 Å². The summed E-state index contributed by atoms with van der Waals surface area (Å²) in [4.78, 5) is 22.6. The van der Waals surface area contributed by atoms with Crippen LogP contribution in [0.15, 0.2) is 24.3 Å². The molecule has 0 bridgehead atoms. The third kappa shape index (κ3) is 4.89. The molecule has 20 heavy (non-hydrogen) atoms. The van der Waals surface area contributed by atoms with Crippen molar-refractivity contribution in [2.75, 3.05) is 20.3 Å². The summed E-state index contributed by atoms with van der Waals surface area (Å²) < 4.78 is 10.2. The third-order valence-corrected chi connectivity index (χ3v) is 2.62. The van der Waals surface area contributed by atoms with E-state index in [0.717, 1.165) is 5.56 Å². The van der Waals surface area contributed by atoms with Gasteiger partial charge in [0.15, 0.2) is 6.04 Å². The van der Waals surface area contributed by atoms with Gasteiger partial charge in [-0.2, -0.15) is 0 Å². The Bertz CT molecular complexity index is 461. The quantitative estimate of drug-likeness (QED) is 0.701. The number of aliphatic hydroxyl groups excluding tert-OH is 1. The van der Waals surface area contributed by atoms with Gasteiger partial charge in [-0.15, -0.1) is 0 Å². The number of aliphatic hydroxyl groups is 1. The van der Waals surface area contributed by atoms with Crippen LogP contribution in [0, 0.1) is 0 Å². The van der Waals surface area contributed by atoms with E-state index in [1.807, 2.05) is 12.1 Å². The Morgan fingerprint density at radius 1 is 1.35 bits per heavy atom. The van der Waals surface area contributed by atoms with Crippen molar-refractivity contribution in [3.8, 4) is 5.75 Å². The Morgan fingerprint density at radius 3 is 2.65 bits per heavy atom. The number of ether oxygens (including phenoxy) is 2. The molecule has 6 nitrogen and oxygen atoms in total. The van der Waals surface area contributed by atoms with Crippen molar-refractivity contribution in [3.05, 3.63) is 29.8 Å². The summed E-state index contributed by atoms with van der Waals surface area (Å²) in [5, 5.41) is 11.4. The molecule has 0 spiro atoms. The maximum absolute atomic E-state index is 11.5. The zero-order chi connectivity index (χ0) is 15.0. The molecule has 1 unspecified atom stereocenters. The Labute approximate surface area is 117 Å². The number of carbonyl (C=O) groups is 2. The zero-order valence-corrected chi connectivity index (χ0v) is 11.6. The lowest BCUT2D eigenvalue weighted by Crippen LogP contribution is -2.44. The van der Waals surface area contributed by atoms with E-state index in [9.17, 15) is 9.59 Å².